The van der Waals surface area contributed by atoms with Crippen molar-refractivity contribution in [1.29, 1.82) is 0 Å². The molecule has 7 aromatic rings. The van der Waals surface area contributed by atoms with Gasteiger partial charge in [-0.1, -0.05) is 78.9 Å². The summed E-state index contributed by atoms with van der Waals surface area (Å²) >= 11 is -0.597. The molecule has 179 valence electrons. The molecule has 0 amide bonds. The zero-order valence-electron chi connectivity index (χ0n) is 20.5. The van der Waals surface area contributed by atoms with Gasteiger partial charge in [-0.2, -0.15) is 0 Å². The van der Waals surface area contributed by atoms with Crippen LogP contribution in [-0.2, 0) is 0 Å². The molecular formula is C32H22AlN4O. The van der Waals surface area contributed by atoms with Crippen molar-refractivity contribution in [2.24, 2.45) is 0 Å². The van der Waals surface area contributed by atoms with Crippen molar-refractivity contribution < 1.29 is 3.79 Å². The maximum Gasteiger partial charge on any atom is 0.719 e. The van der Waals surface area contributed by atoms with E-state index in [9.17, 15) is 0 Å². The summed E-state index contributed by atoms with van der Waals surface area (Å²) in [6, 6.07) is 43.5. The molecule has 0 aliphatic rings. The summed E-state index contributed by atoms with van der Waals surface area (Å²) in [5.74, 6) is 1.69. The van der Waals surface area contributed by atoms with Crippen LogP contribution in [0.1, 0.15) is 0 Å². The molecule has 0 saturated carbocycles. The fourth-order valence-corrected chi connectivity index (χ4v) is 5.87. The van der Waals surface area contributed by atoms with Gasteiger partial charge in [0.05, 0.1) is 11.4 Å². The van der Waals surface area contributed by atoms with Gasteiger partial charge >= 0.3 is 15.8 Å². The topological polar surface area (TPSA) is 44.9 Å². The van der Waals surface area contributed by atoms with Gasteiger partial charge in [0.15, 0.2) is 11.5 Å². The minimum Gasteiger partial charge on any atom is -0.631 e. The third-order valence-electron chi connectivity index (χ3n) is 6.66. The average Bonchev–Trinajstić information content (AvgIpc) is 3.56. The van der Waals surface area contributed by atoms with Crippen molar-refractivity contribution >= 4 is 37.8 Å². The second-order valence-electron chi connectivity index (χ2n) is 9.02. The lowest BCUT2D eigenvalue weighted by Crippen LogP contribution is -2.16. The van der Waals surface area contributed by atoms with Gasteiger partial charge in [0, 0.05) is 17.4 Å². The Hall–Kier alpha value is -4.63. The van der Waals surface area contributed by atoms with Crippen LogP contribution < -0.4 is 3.79 Å². The standard InChI is InChI=1S/C20H13N4.C12H10O.Al/c1-2-8-15(9-3-1)24-19-17(11-6-12-21-19)23-20(24)18-13-14-7-4-5-10-16(14)22-18;13-12-8-6-11(7-9-12)10-4-2-1-3-5-10;/h1-13H;1-9,13H;/q-1;;+2/p-1. The van der Waals surface area contributed by atoms with E-state index in [-0.39, 0.29) is 0 Å². The van der Waals surface area contributed by atoms with Crippen molar-refractivity contribution in [2.45, 2.75) is 0 Å². The number of nitrogens with zero attached hydrogens (tertiary/aromatic N) is 4. The molecule has 1 radical (unpaired) electrons. The average molecular weight is 506 g/mol. The summed E-state index contributed by atoms with van der Waals surface area (Å²) in [7, 11) is 0. The van der Waals surface area contributed by atoms with Gasteiger partial charge in [-0.05, 0) is 65.0 Å². The number of aromatic nitrogens is 4. The van der Waals surface area contributed by atoms with Crippen molar-refractivity contribution in [1.82, 2.24) is 18.1 Å². The normalized spacial score (nSPS) is 11.2. The summed E-state index contributed by atoms with van der Waals surface area (Å²) in [5.41, 5.74) is 7.20. The lowest BCUT2D eigenvalue weighted by molar-refractivity contribution is 0.585. The quantitative estimate of drug-likeness (QED) is 0.225. The van der Waals surface area contributed by atoms with Crippen LogP contribution in [0.2, 0.25) is 0 Å². The second kappa shape index (κ2) is 9.68. The molecule has 0 bridgehead atoms. The highest BCUT2D eigenvalue weighted by Crippen LogP contribution is 2.32. The molecule has 0 unspecified atom stereocenters. The number of para-hydroxylation sites is 2. The first-order chi connectivity index (χ1) is 18.8. The summed E-state index contributed by atoms with van der Waals surface area (Å²) in [6.45, 7) is 0. The highest BCUT2D eigenvalue weighted by Gasteiger charge is 2.22. The summed E-state index contributed by atoms with van der Waals surface area (Å²) in [6.07, 6.45) is 1.82. The Morgan fingerprint density at radius 1 is 0.658 bits per heavy atom. The number of fused-ring (bicyclic) bond motifs is 2. The number of benzene rings is 4. The van der Waals surface area contributed by atoms with E-state index >= 15 is 0 Å². The molecule has 38 heavy (non-hydrogen) atoms. The first-order valence-corrected chi connectivity index (χ1v) is 13.5. The Morgan fingerprint density at radius 3 is 2.18 bits per heavy atom. The van der Waals surface area contributed by atoms with E-state index in [2.05, 4.69) is 92.0 Å². The lowest BCUT2D eigenvalue weighted by Gasteiger charge is -2.14. The molecule has 4 aromatic carbocycles. The van der Waals surface area contributed by atoms with Crippen LogP contribution in [-0.4, -0.2) is 33.9 Å². The van der Waals surface area contributed by atoms with E-state index in [1.54, 1.807) is 0 Å². The molecular weight excluding hydrogens is 483 g/mol. The molecule has 5 nitrogen and oxygen atoms in total. The van der Waals surface area contributed by atoms with Crippen molar-refractivity contribution in [3.63, 3.8) is 0 Å². The van der Waals surface area contributed by atoms with E-state index in [1.807, 2.05) is 54.7 Å². The van der Waals surface area contributed by atoms with Gasteiger partial charge in [-0.3, -0.25) is 4.57 Å². The van der Waals surface area contributed by atoms with Crippen molar-refractivity contribution in [3.8, 4) is 34.1 Å². The number of imidazole rings is 1. The van der Waals surface area contributed by atoms with Crippen LogP contribution in [0.25, 0.3) is 50.4 Å². The van der Waals surface area contributed by atoms with Gasteiger partial charge in [-0.15, -0.1) is 0 Å². The maximum absolute atomic E-state index is 6.42. The van der Waals surface area contributed by atoms with Crippen molar-refractivity contribution in [2.75, 3.05) is 0 Å². The number of hydrogen-bond donors (Lipinski definition) is 0. The molecule has 6 heteroatoms. The predicted molar refractivity (Wildman–Crippen MR) is 153 cm³/mol. The van der Waals surface area contributed by atoms with Crippen molar-refractivity contribution in [3.05, 3.63) is 134 Å². The van der Waals surface area contributed by atoms with E-state index in [0.717, 1.165) is 45.0 Å². The van der Waals surface area contributed by atoms with Crippen LogP contribution >= 0.6 is 0 Å². The van der Waals surface area contributed by atoms with E-state index in [0.29, 0.717) is 0 Å². The largest absolute Gasteiger partial charge is 0.719 e. The molecule has 0 saturated heterocycles. The molecule has 0 fully saturated rings. The molecule has 0 spiro atoms. The molecule has 0 atom stereocenters. The second-order valence-corrected chi connectivity index (χ2v) is 9.99. The molecule has 0 aliphatic heterocycles. The lowest BCUT2D eigenvalue weighted by atomic mass is 10.1. The number of pyridine rings is 1. The van der Waals surface area contributed by atoms with E-state index in [1.165, 1.54) is 11.1 Å². The van der Waals surface area contributed by atoms with Gasteiger partial charge in [-0.25, -0.2) is 9.97 Å². The highest BCUT2D eigenvalue weighted by molar-refractivity contribution is 6.30. The molecule has 0 N–H and O–H groups in total. The van der Waals surface area contributed by atoms with Crippen LogP contribution in [0.3, 0.4) is 0 Å². The fourth-order valence-electron chi connectivity index (χ4n) is 4.84. The monoisotopic (exact) mass is 505 g/mol. The van der Waals surface area contributed by atoms with Crippen LogP contribution in [0.4, 0.5) is 0 Å². The van der Waals surface area contributed by atoms with Gasteiger partial charge < -0.3 is 7.34 Å². The Morgan fingerprint density at radius 2 is 1.37 bits per heavy atom. The van der Waals surface area contributed by atoms with E-state index < -0.39 is 15.8 Å². The molecule has 3 heterocycles. The van der Waals surface area contributed by atoms with Crippen LogP contribution in [0, 0.1) is 0 Å². The van der Waals surface area contributed by atoms with Gasteiger partial charge in [0.1, 0.15) is 5.52 Å². The number of hydrogen-bond acceptors (Lipinski definition) is 3. The minimum atomic E-state index is -0.597. The first-order valence-electron chi connectivity index (χ1n) is 12.5. The fraction of sp³-hybridized carbons (Fsp3) is 0. The Balaban J connectivity index is 1.31. The van der Waals surface area contributed by atoms with Crippen LogP contribution in [0.5, 0.6) is 5.75 Å². The van der Waals surface area contributed by atoms with Crippen LogP contribution in [0.15, 0.2) is 134 Å². The van der Waals surface area contributed by atoms with Gasteiger partial charge in [0.25, 0.3) is 0 Å². The summed E-state index contributed by atoms with van der Waals surface area (Å²) < 4.78 is 10.8. The zero-order valence-corrected chi connectivity index (χ0v) is 21.6. The Bertz CT molecular complexity index is 1860. The highest BCUT2D eigenvalue weighted by atomic mass is 27.1. The third-order valence-corrected chi connectivity index (χ3v) is 7.81. The Kier molecular flexibility index (Phi) is 5.75. The van der Waals surface area contributed by atoms with Gasteiger partial charge in [0.2, 0.25) is 0 Å². The summed E-state index contributed by atoms with van der Waals surface area (Å²) in [5, 5.41) is 1.15. The molecule has 3 aromatic heterocycles. The predicted octanol–water partition coefficient (Wildman–Crippen LogP) is 7.17. The maximum atomic E-state index is 6.42. The summed E-state index contributed by atoms with van der Waals surface area (Å²) in [4.78, 5) is 9.73. The zero-order chi connectivity index (χ0) is 25.3. The first kappa shape index (κ1) is 22.6. The smallest absolute Gasteiger partial charge is 0.631 e. The third kappa shape index (κ3) is 4.07. The molecule has 7 rings (SSSR count). The Labute approximate surface area is 226 Å². The SMILES string of the molecule is c1ccc(-c2ccc([O][Al][n]3c(-c4nc5cccnc5n4-c4ccccc4)cc4ccccc43)cc2)cc1. The number of rotatable bonds is 6. The van der Waals surface area contributed by atoms with E-state index in [4.69, 9.17) is 8.77 Å². The minimum absolute atomic E-state index is 0.597. The molecule has 0 aliphatic carbocycles.